The number of nitrogens with two attached hydrogens (primary N) is 1. The Bertz CT molecular complexity index is 886. The van der Waals surface area contributed by atoms with E-state index in [1.165, 1.54) is 45.3 Å². The summed E-state index contributed by atoms with van der Waals surface area (Å²) >= 11 is 0. The number of rotatable bonds is 10. The Morgan fingerprint density at radius 1 is 1.28 bits per heavy atom. The van der Waals surface area contributed by atoms with E-state index in [2.05, 4.69) is 32.8 Å². The summed E-state index contributed by atoms with van der Waals surface area (Å²) < 4.78 is 5.85. The first-order valence-corrected chi connectivity index (χ1v) is 11.6. The monoisotopic (exact) mass is 444 g/mol. The summed E-state index contributed by atoms with van der Waals surface area (Å²) in [5.41, 5.74) is 8.96. The molecular weight excluding hydrogens is 408 g/mol. The first-order valence-electron chi connectivity index (χ1n) is 11.6. The fourth-order valence-corrected chi connectivity index (χ4v) is 4.15. The van der Waals surface area contributed by atoms with Gasteiger partial charge >= 0.3 is 6.01 Å². The zero-order valence-corrected chi connectivity index (χ0v) is 19.3. The van der Waals surface area contributed by atoms with Gasteiger partial charge in [0.15, 0.2) is 5.82 Å². The SMILES string of the molecule is CCC[C@H](C)Oc1nc(N)c2[nH]c(C#N)c(CCCCCN3CCCCC3)c2n1.O=CO. The molecule has 0 unspecified atom stereocenters. The van der Waals surface area contributed by atoms with E-state index >= 15 is 0 Å². The molecule has 0 amide bonds. The fraction of sp³-hybridized carbons (Fsp3) is 0.652. The number of anilines is 1. The molecule has 0 saturated carbocycles. The van der Waals surface area contributed by atoms with Crippen molar-refractivity contribution >= 4 is 23.3 Å². The summed E-state index contributed by atoms with van der Waals surface area (Å²) in [5.74, 6) is 0.335. The Kier molecular flexibility index (Phi) is 10.7. The summed E-state index contributed by atoms with van der Waals surface area (Å²) in [5, 5.41) is 16.4. The topological polar surface area (TPSA) is 141 Å². The second-order valence-electron chi connectivity index (χ2n) is 8.24. The lowest BCUT2D eigenvalue weighted by Gasteiger charge is -2.26. The molecule has 1 fully saturated rings. The highest BCUT2D eigenvalue weighted by atomic mass is 16.5. The Balaban J connectivity index is 0.00000114. The van der Waals surface area contributed by atoms with E-state index in [-0.39, 0.29) is 12.6 Å². The van der Waals surface area contributed by atoms with E-state index in [1.807, 2.05) is 6.92 Å². The fourth-order valence-electron chi connectivity index (χ4n) is 4.15. The summed E-state index contributed by atoms with van der Waals surface area (Å²) in [6.45, 7) is 7.55. The predicted octanol–water partition coefficient (Wildman–Crippen LogP) is 3.88. The molecule has 32 heavy (non-hydrogen) atoms. The van der Waals surface area contributed by atoms with E-state index in [4.69, 9.17) is 20.4 Å². The van der Waals surface area contributed by atoms with Crippen LogP contribution < -0.4 is 10.5 Å². The van der Waals surface area contributed by atoms with Crippen LogP contribution in [0.5, 0.6) is 6.01 Å². The quantitative estimate of drug-likeness (QED) is 0.370. The third-order valence-electron chi connectivity index (χ3n) is 5.72. The zero-order valence-electron chi connectivity index (χ0n) is 19.3. The highest BCUT2D eigenvalue weighted by molar-refractivity contribution is 5.89. The maximum Gasteiger partial charge on any atom is 0.319 e. The van der Waals surface area contributed by atoms with Crippen molar-refractivity contribution < 1.29 is 14.6 Å². The van der Waals surface area contributed by atoms with Crippen molar-refractivity contribution in [2.45, 2.75) is 77.7 Å². The van der Waals surface area contributed by atoms with Gasteiger partial charge in [0, 0.05) is 5.56 Å². The molecule has 1 saturated heterocycles. The van der Waals surface area contributed by atoms with Gasteiger partial charge in [-0.25, -0.2) is 0 Å². The number of nitrogens with one attached hydrogen (secondary N) is 1. The molecule has 2 aromatic heterocycles. The third kappa shape index (κ3) is 7.38. The molecule has 9 heteroatoms. The predicted molar refractivity (Wildman–Crippen MR) is 125 cm³/mol. The van der Waals surface area contributed by atoms with Crippen LogP contribution in [0.25, 0.3) is 11.0 Å². The lowest BCUT2D eigenvalue weighted by atomic mass is 10.1. The molecule has 1 aliphatic rings. The van der Waals surface area contributed by atoms with Gasteiger partial charge in [-0.1, -0.05) is 26.2 Å². The average molecular weight is 445 g/mol. The van der Waals surface area contributed by atoms with Crippen LogP contribution in [0, 0.1) is 11.3 Å². The van der Waals surface area contributed by atoms with Crippen LogP contribution in [0.4, 0.5) is 5.82 Å². The van der Waals surface area contributed by atoms with Gasteiger partial charge in [-0.2, -0.15) is 15.2 Å². The number of fused-ring (bicyclic) bond motifs is 1. The molecule has 0 aliphatic carbocycles. The molecule has 9 nitrogen and oxygen atoms in total. The number of ether oxygens (including phenoxy) is 1. The Labute approximate surface area is 190 Å². The number of nitriles is 1. The Morgan fingerprint density at radius 2 is 2.00 bits per heavy atom. The minimum atomic E-state index is -0.250. The highest BCUT2D eigenvalue weighted by Gasteiger charge is 2.18. The Hall–Kier alpha value is -2.86. The van der Waals surface area contributed by atoms with Crippen molar-refractivity contribution in [2.75, 3.05) is 25.4 Å². The van der Waals surface area contributed by atoms with Gasteiger partial charge in [-0.05, 0) is 65.1 Å². The van der Waals surface area contributed by atoms with Crippen LogP contribution in [0.1, 0.15) is 76.5 Å². The number of aromatic nitrogens is 3. The summed E-state index contributed by atoms with van der Waals surface area (Å²) in [4.78, 5) is 22.9. The number of aromatic amines is 1. The number of carboxylic acid groups (broad SMARTS) is 1. The average Bonchev–Trinajstić information content (AvgIpc) is 3.13. The standard InChI is InChI=1S/C22H34N6O.CH2O2/c1-3-10-16(2)29-22-26-19-17(18(15-23)25-20(19)21(24)27-22)11-6-4-7-12-28-13-8-5-9-14-28;2-1-3/h16,25H,3-14H2,1-2H3,(H2,24,26,27);1H,(H,2,3)/t16-;/m0./s1. The van der Waals surface area contributed by atoms with Gasteiger partial charge in [0.2, 0.25) is 0 Å². The number of H-pyrrole nitrogens is 1. The van der Waals surface area contributed by atoms with Crippen molar-refractivity contribution in [2.24, 2.45) is 0 Å². The second-order valence-corrected chi connectivity index (χ2v) is 8.24. The molecule has 1 atom stereocenters. The van der Waals surface area contributed by atoms with E-state index in [9.17, 15) is 5.26 Å². The van der Waals surface area contributed by atoms with E-state index in [0.29, 0.717) is 23.0 Å². The van der Waals surface area contributed by atoms with Crippen LogP contribution in [0.15, 0.2) is 0 Å². The number of hydrogen-bond acceptors (Lipinski definition) is 7. The normalized spacial score (nSPS) is 14.9. The van der Waals surface area contributed by atoms with Gasteiger partial charge in [-0.3, -0.25) is 4.79 Å². The van der Waals surface area contributed by atoms with Gasteiger partial charge in [-0.15, -0.1) is 0 Å². The Morgan fingerprint density at radius 3 is 2.66 bits per heavy atom. The number of hydrogen-bond donors (Lipinski definition) is 3. The maximum absolute atomic E-state index is 9.56. The van der Waals surface area contributed by atoms with Crippen LogP contribution in [0.3, 0.4) is 0 Å². The molecule has 0 bridgehead atoms. The van der Waals surface area contributed by atoms with E-state index < -0.39 is 0 Å². The van der Waals surface area contributed by atoms with Gasteiger partial charge in [0.05, 0.1) is 6.10 Å². The summed E-state index contributed by atoms with van der Waals surface area (Å²) in [7, 11) is 0. The van der Waals surface area contributed by atoms with Crippen molar-refractivity contribution in [3.8, 4) is 12.1 Å². The van der Waals surface area contributed by atoms with Gasteiger partial charge < -0.3 is 25.5 Å². The second kappa shape index (κ2) is 13.5. The van der Waals surface area contributed by atoms with Crippen molar-refractivity contribution in [1.82, 2.24) is 19.9 Å². The summed E-state index contributed by atoms with van der Waals surface area (Å²) in [6.07, 6.45) is 10.2. The number of nitrogen functional groups attached to an aromatic ring is 1. The highest BCUT2D eigenvalue weighted by Crippen LogP contribution is 2.28. The first kappa shape index (κ1) is 25.4. The minimum Gasteiger partial charge on any atom is -0.483 e. The molecule has 4 N–H and O–H groups in total. The number of aryl methyl sites for hydroxylation is 1. The molecule has 1 aliphatic heterocycles. The molecule has 0 spiro atoms. The number of nitrogens with zero attached hydrogens (tertiary/aromatic N) is 4. The van der Waals surface area contributed by atoms with E-state index in [0.717, 1.165) is 43.2 Å². The van der Waals surface area contributed by atoms with Crippen LogP contribution in [-0.4, -0.2) is 57.2 Å². The lowest BCUT2D eigenvalue weighted by Crippen LogP contribution is -2.30. The number of likely N-dealkylation sites (tertiary alicyclic amines) is 1. The van der Waals surface area contributed by atoms with Crippen LogP contribution in [0.2, 0.25) is 0 Å². The number of carbonyl (C=O) groups is 1. The zero-order chi connectivity index (χ0) is 23.3. The molecule has 176 valence electrons. The maximum atomic E-state index is 9.56. The largest absolute Gasteiger partial charge is 0.483 e. The first-order chi connectivity index (χ1) is 15.5. The molecule has 2 aromatic rings. The lowest BCUT2D eigenvalue weighted by molar-refractivity contribution is -0.122. The van der Waals surface area contributed by atoms with Crippen LogP contribution >= 0.6 is 0 Å². The smallest absolute Gasteiger partial charge is 0.319 e. The van der Waals surface area contributed by atoms with Crippen molar-refractivity contribution in [3.05, 3.63) is 11.3 Å². The molecule has 3 rings (SSSR count). The summed E-state index contributed by atoms with van der Waals surface area (Å²) in [6, 6.07) is 2.55. The number of piperidine rings is 1. The molecular formula is C23H36N6O3. The van der Waals surface area contributed by atoms with Gasteiger partial charge in [0.25, 0.3) is 6.47 Å². The van der Waals surface area contributed by atoms with Crippen molar-refractivity contribution in [3.63, 3.8) is 0 Å². The molecule has 0 radical (unpaired) electrons. The molecule has 3 heterocycles. The van der Waals surface area contributed by atoms with Gasteiger partial charge in [0.1, 0.15) is 22.8 Å². The molecule has 0 aromatic carbocycles. The number of unbranched alkanes of at least 4 members (excludes halogenated alkanes) is 2. The minimum absolute atomic E-state index is 0.0319. The van der Waals surface area contributed by atoms with E-state index in [1.54, 1.807) is 0 Å². The van der Waals surface area contributed by atoms with Crippen LogP contribution in [-0.2, 0) is 11.2 Å². The van der Waals surface area contributed by atoms with Crippen molar-refractivity contribution in [1.29, 1.82) is 5.26 Å². The third-order valence-corrected chi connectivity index (χ3v) is 5.72.